The third-order valence-corrected chi connectivity index (χ3v) is 4.12. The van der Waals surface area contributed by atoms with Gasteiger partial charge in [-0.3, -0.25) is 14.6 Å². The number of carbonyl (C=O) groups excluding carboxylic acids is 2. The molecule has 1 fully saturated rings. The highest BCUT2D eigenvalue weighted by Gasteiger charge is 2.22. The average molecular weight is 339 g/mol. The summed E-state index contributed by atoms with van der Waals surface area (Å²) < 4.78 is 5.61. The fourth-order valence-corrected chi connectivity index (χ4v) is 2.74. The molecule has 1 saturated heterocycles. The summed E-state index contributed by atoms with van der Waals surface area (Å²) in [7, 11) is 1.72. The van der Waals surface area contributed by atoms with E-state index in [-0.39, 0.29) is 18.4 Å². The predicted molar refractivity (Wildman–Crippen MR) is 94.2 cm³/mol. The molecule has 25 heavy (non-hydrogen) atoms. The van der Waals surface area contributed by atoms with E-state index in [0.717, 1.165) is 24.3 Å². The monoisotopic (exact) mass is 339 g/mol. The number of hydrogen-bond acceptors (Lipinski definition) is 4. The van der Waals surface area contributed by atoms with Crippen molar-refractivity contribution < 1.29 is 14.3 Å². The van der Waals surface area contributed by atoms with Crippen LogP contribution in [0.2, 0.25) is 0 Å². The standard InChI is InChI=1S/C19H21N3O3/c1-21(13-15-6-2-3-10-20-15)19(24)14-25-17-8-4-7-16(12-17)22-11-5-9-18(22)23/h2-4,6-8,10,12H,5,9,11,13-14H2,1H3. The lowest BCUT2D eigenvalue weighted by Gasteiger charge is -2.18. The van der Waals surface area contributed by atoms with E-state index in [4.69, 9.17) is 4.74 Å². The van der Waals surface area contributed by atoms with Gasteiger partial charge in [0.2, 0.25) is 5.91 Å². The highest BCUT2D eigenvalue weighted by atomic mass is 16.5. The maximum absolute atomic E-state index is 12.2. The Bertz CT molecular complexity index is 749. The van der Waals surface area contributed by atoms with Crippen LogP contribution in [0.1, 0.15) is 18.5 Å². The van der Waals surface area contributed by atoms with Crippen molar-refractivity contribution in [1.82, 2.24) is 9.88 Å². The summed E-state index contributed by atoms with van der Waals surface area (Å²) in [6.07, 6.45) is 3.16. The predicted octanol–water partition coefficient (Wildman–Crippen LogP) is 2.25. The largest absolute Gasteiger partial charge is 0.484 e. The van der Waals surface area contributed by atoms with Crippen LogP contribution in [-0.2, 0) is 16.1 Å². The number of rotatable bonds is 6. The molecule has 3 rings (SSSR count). The molecular formula is C19H21N3O3. The van der Waals surface area contributed by atoms with E-state index in [0.29, 0.717) is 18.7 Å². The Balaban J connectivity index is 1.56. The van der Waals surface area contributed by atoms with Crippen molar-refractivity contribution in [3.63, 3.8) is 0 Å². The maximum atomic E-state index is 12.2. The topological polar surface area (TPSA) is 62.7 Å². The summed E-state index contributed by atoms with van der Waals surface area (Å²) in [5, 5.41) is 0. The van der Waals surface area contributed by atoms with Gasteiger partial charge in [-0.15, -0.1) is 0 Å². The molecule has 1 aliphatic heterocycles. The van der Waals surface area contributed by atoms with Gasteiger partial charge in [-0.25, -0.2) is 0 Å². The molecule has 0 N–H and O–H groups in total. The fraction of sp³-hybridized carbons (Fsp3) is 0.316. The molecule has 0 aliphatic carbocycles. The number of aromatic nitrogens is 1. The van der Waals surface area contributed by atoms with Crippen LogP contribution in [0, 0.1) is 0 Å². The van der Waals surface area contributed by atoms with Gasteiger partial charge < -0.3 is 14.5 Å². The van der Waals surface area contributed by atoms with Crippen LogP contribution in [0.25, 0.3) is 0 Å². The number of benzene rings is 1. The number of nitrogens with zero attached hydrogens (tertiary/aromatic N) is 3. The van der Waals surface area contributed by atoms with E-state index in [1.54, 1.807) is 35.2 Å². The minimum absolute atomic E-state index is 0.0548. The summed E-state index contributed by atoms with van der Waals surface area (Å²) in [6, 6.07) is 12.9. The van der Waals surface area contributed by atoms with E-state index in [9.17, 15) is 9.59 Å². The van der Waals surface area contributed by atoms with E-state index in [1.807, 2.05) is 30.3 Å². The number of likely N-dealkylation sites (N-methyl/N-ethyl adjacent to an activating group) is 1. The van der Waals surface area contributed by atoms with Gasteiger partial charge in [0.05, 0.1) is 12.2 Å². The van der Waals surface area contributed by atoms with Gasteiger partial charge in [0.1, 0.15) is 5.75 Å². The highest BCUT2D eigenvalue weighted by Crippen LogP contribution is 2.25. The van der Waals surface area contributed by atoms with Crippen LogP contribution >= 0.6 is 0 Å². The minimum Gasteiger partial charge on any atom is -0.484 e. The van der Waals surface area contributed by atoms with Crippen LogP contribution in [0.4, 0.5) is 5.69 Å². The first-order chi connectivity index (χ1) is 12.1. The van der Waals surface area contributed by atoms with Crippen LogP contribution in [0.5, 0.6) is 5.75 Å². The van der Waals surface area contributed by atoms with Crippen molar-refractivity contribution in [3.05, 3.63) is 54.4 Å². The first kappa shape index (κ1) is 17.0. The van der Waals surface area contributed by atoms with Gasteiger partial charge in [-0.1, -0.05) is 12.1 Å². The molecule has 0 atom stereocenters. The SMILES string of the molecule is CN(Cc1ccccn1)C(=O)COc1cccc(N2CCCC2=O)c1. The molecule has 1 aromatic carbocycles. The summed E-state index contributed by atoms with van der Waals surface area (Å²) in [4.78, 5) is 31.6. The molecule has 1 aliphatic rings. The van der Waals surface area contributed by atoms with Crippen molar-refractivity contribution in [3.8, 4) is 5.75 Å². The van der Waals surface area contributed by atoms with Gasteiger partial charge >= 0.3 is 0 Å². The Morgan fingerprint density at radius 2 is 2.16 bits per heavy atom. The van der Waals surface area contributed by atoms with Gasteiger partial charge in [-0.2, -0.15) is 0 Å². The Morgan fingerprint density at radius 1 is 1.28 bits per heavy atom. The molecule has 0 spiro atoms. The number of pyridine rings is 1. The molecule has 2 heterocycles. The zero-order chi connectivity index (χ0) is 17.6. The summed E-state index contributed by atoms with van der Waals surface area (Å²) in [5.41, 5.74) is 1.64. The summed E-state index contributed by atoms with van der Waals surface area (Å²) in [6.45, 7) is 1.11. The van der Waals surface area contributed by atoms with Crippen LogP contribution in [-0.4, -0.2) is 41.9 Å². The molecule has 6 heteroatoms. The third kappa shape index (κ3) is 4.35. The quantitative estimate of drug-likeness (QED) is 0.810. The average Bonchev–Trinajstić information content (AvgIpc) is 3.07. The smallest absolute Gasteiger partial charge is 0.260 e. The number of ether oxygens (including phenoxy) is 1. The Labute approximate surface area is 147 Å². The molecule has 0 bridgehead atoms. The van der Waals surface area contributed by atoms with Gasteiger partial charge in [0, 0.05) is 38.0 Å². The molecule has 2 amide bonds. The molecule has 6 nitrogen and oxygen atoms in total. The van der Waals surface area contributed by atoms with Crippen LogP contribution in [0.15, 0.2) is 48.7 Å². The number of amides is 2. The van der Waals surface area contributed by atoms with Crippen LogP contribution < -0.4 is 9.64 Å². The molecule has 1 aromatic heterocycles. The van der Waals surface area contributed by atoms with Crippen molar-refractivity contribution in [1.29, 1.82) is 0 Å². The van der Waals surface area contributed by atoms with Crippen molar-refractivity contribution in [2.45, 2.75) is 19.4 Å². The maximum Gasteiger partial charge on any atom is 0.260 e. The zero-order valence-electron chi connectivity index (χ0n) is 14.2. The van der Waals surface area contributed by atoms with E-state index in [1.165, 1.54) is 0 Å². The van der Waals surface area contributed by atoms with Gasteiger partial charge in [-0.05, 0) is 30.7 Å². The van der Waals surface area contributed by atoms with E-state index < -0.39 is 0 Å². The lowest BCUT2D eigenvalue weighted by atomic mass is 10.3. The number of hydrogen-bond donors (Lipinski definition) is 0. The van der Waals surface area contributed by atoms with E-state index >= 15 is 0 Å². The Hall–Kier alpha value is -2.89. The normalized spacial score (nSPS) is 13.8. The second-order valence-corrected chi connectivity index (χ2v) is 6.01. The molecular weight excluding hydrogens is 318 g/mol. The lowest BCUT2D eigenvalue weighted by Crippen LogP contribution is -2.31. The van der Waals surface area contributed by atoms with Crippen molar-refractivity contribution >= 4 is 17.5 Å². The van der Waals surface area contributed by atoms with Crippen molar-refractivity contribution in [2.75, 3.05) is 25.1 Å². The fourth-order valence-electron chi connectivity index (χ4n) is 2.74. The van der Waals surface area contributed by atoms with E-state index in [2.05, 4.69) is 4.98 Å². The summed E-state index contributed by atoms with van der Waals surface area (Å²) >= 11 is 0. The zero-order valence-corrected chi connectivity index (χ0v) is 14.2. The third-order valence-electron chi connectivity index (χ3n) is 4.12. The second-order valence-electron chi connectivity index (χ2n) is 6.01. The first-order valence-corrected chi connectivity index (χ1v) is 8.30. The molecule has 0 unspecified atom stereocenters. The summed E-state index contributed by atoms with van der Waals surface area (Å²) in [5.74, 6) is 0.577. The van der Waals surface area contributed by atoms with Gasteiger partial charge in [0.15, 0.2) is 6.61 Å². The minimum atomic E-state index is -0.131. The van der Waals surface area contributed by atoms with Gasteiger partial charge in [0.25, 0.3) is 5.91 Å². The van der Waals surface area contributed by atoms with Crippen LogP contribution in [0.3, 0.4) is 0 Å². The number of carbonyl (C=O) groups is 2. The Kier molecular flexibility index (Phi) is 5.28. The van der Waals surface area contributed by atoms with Crippen molar-refractivity contribution in [2.24, 2.45) is 0 Å². The number of anilines is 1. The highest BCUT2D eigenvalue weighted by molar-refractivity contribution is 5.95. The molecule has 0 saturated carbocycles. The molecule has 130 valence electrons. The second kappa shape index (κ2) is 7.79. The molecule has 2 aromatic rings. The first-order valence-electron chi connectivity index (χ1n) is 8.30. The molecule has 0 radical (unpaired) electrons. The lowest BCUT2D eigenvalue weighted by molar-refractivity contribution is -0.132. The Morgan fingerprint density at radius 3 is 2.88 bits per heavy atom.